The molecule has 32 heavy (non-hydrogen) atoms. The van der Waals surface area contributed by atoms with Crippen molar-refractivity contribution in [1.29, 1.82) is 0 Å². The molecular formula is C23H25N5O4. The van der Waals surface area contributed by atoms with Crippen LogP contribution in [0.4, 0.5) is 0 Å². The van der Waals surface area contributed by atoms with Crippen molar-refractivity contribution in [3.8, 4) is 17.2 Å². The highest BCUT2D eigenvalue weighted by molar-refractivity contribution is 6.09. The smallest absolute Gasteiger partial charge is 0.257 e. The van der Waals surface area contributed by atoms with Gasteiger partial charge in [0.15, 0.2) is 17.3 Å². The Balaban J connectivity index is 1.54. The first kappa shape index (κ1) is 21.5. The standard InChI is InChI=1S/C23H25N5O4/c1-2-3-6-14-30-19-10-5-4-8-16(19)12-13-18(29)17-9-7-11-20-21(17)32-23(24,15-31-20)22-25-27-28-26-22/h4-5,7-13H,2-3,6,14-15,24H2,1H3,(H,25,26,27,28). The van der Waals surface area contributed by atoms with Crippen molar-refractivity contribution in [2.24, 2.45) is 5.73 Å². The fraction of sp³-hybridized carbons (Fsp3) is 0.304. The van der Waals surface area contributed by atoms with Gasteiger partial charge in [0.2, 0.25) is 5.82 Å². The predicted molar refractivity (Wildman–Crippen MR) is 117 cm³/mol. The number of fused-ring (bicyclic) bond motifs is 1. The molecule has 0 aliphatic carbocycles. The van der Waals surface area contributed by atoms with Crippen LogP contribution >= 0.6 is 0 Å². The summed E-state index contributed by atoms with van der Waals surface area (Å²) in [5.74, 6) is 1.28. The molecule has 166 valence electrons. The van der Waals surface area contributed by atoms with E-state index >= 15 is 0 Å². The van der Waals surface area contributed by atoms with Crippen LogP contribution < -0.4 is 19.9 Å². The van der Waals surface area contributed by atoms with Crippen LogP contribution in [0.2, 0.25) is 0 Å². The number of allylic oxidation sites excluding steroid dienone is 1. The van der Waals surface area contributed by atoms with Crippen molar-refractivity contribution in [3.05, 3.63) is 65.5 Å². The van der Waals surface area contributed by atoms with Crippen LogP contribution in [0.1, 0.15) is 47.9 Å². The maximum atomic E-state index is 13.0. The fourth-order valence-electron chi connectivity index (χ4n) is 3.32. The lowest BCUT2D eigenvalue weighted by atomic mass is 10.1. The summed E-state index contributed by atoms with van der Waals surface area (Å²) in [6, 6.07) is 12.7. The third-order valence-electron chi connectivity index (χ3n) is 5.03. The van der Waals surface area contributed by atoms with E-state index in [1.165, 1.54) is 6.08 Å². The molecule has 4 rings (SSSR count). The van der Waals surface area contributed by atoms with E-state index < -0.39 is 5.72 Å². The number of nitrogens with two attached hydrogens (primary N) is 1. The molecule has 1 aliphatic heterocycles. The number of aromatic amines is 1. The Hall–Kier alpha value is -3.72. The first-order chi connectivity index (χ1) is 15.6. The minimum atomic E-state index is -1.46. The molecule has 0 saturated heterocycles. The molecular weight excluding hydrogens is 410 g/mol. The number of H-pyrrole nitrogens is 1. The molecule has 9 nitrogen and oxygen atoms in total. The average molecular weight is 435 g/mol. The van der Waals surface area contributed by atoms with Gasteiger partial charge in [0.1, 0.15) is 12.4 Å². The third-order valence-corrected chi connectivity index (χ3v) is 5.03. The summed E-state index contributed by atoms with van der Waals surface area (Å²) >= 11 is 0. The molecule has 1 aromatic heterocycles. The van der Waals surface area contributed by atoms with Gasteiger partial charge in [-0.05, 0) is 42.0 Å². The second kappa shape index (κ2) is 9.61. The minimum Gasteiger partial charge on any atom is -0.493 e. The lowest BCUT2D eigenvalue weighted by Crippen LogP contribution is -2.51. The lowest BCUT2D eigenvalue weighted by molar-refractivity contribution is -0.0154. The first-order valence-electron chi connectivity index (χ1n) is 10.5. The number of tetrazole rings is 1. The summed E-state index contributed by atoms with van der Waals surface area (Å²) in [6.45, 7) is 2.77. The molecule has 3 N–H and O–H groups in total. The molecule has 0 spiro atoms. The van der Waals surface area contributed by atoms with Crippen LogP contribution in [0.15, 0.2) is 48.5 Å². The summed E-state index contributed by atoms with van der Waals surface area (Å²) in [7, 11) is 0. The molecule has 2 heterocycles. The molecule has 2 aromatic carbocycles. The van der Waals surface area contributed by atoms with Crippen LogP contribution in [-0.2, 0) is 5.72 Å². The van der Waals surface area contributed by atoms with Gasteiger partial charge in [-0.3, -0.25) is 10.5 Å². The number of para-hydroxylation sites is 2. The molecule has 0 saturated carbocycles. The zero-order valence-electron chi connectivity index (χ0n) is 17.8. The molecule has 0 bridgehead atoms. The molecule has 1 atom stereocenters. The van der Waals surface area contributed by atoms with Gasteiger partial charge in [-0.2, -0.15) is 5.21 Å². The normalized spacial score (nSPS) is 17.4. The van der Waals surface area contributed by atoms with Crippen molar-refractivity contribution >= 4 is 11.9 Å². The van der Waals surface area contributed by atoms with E-state index in [2.05, 4.69) is 27.5 Å². The van der Waals surface area contributed by atoms with Gasteiger partial charge in [-0.1, -0.05) is 44.0 Å². The summed E-state index contributed by atoms with van der Waals surface area (Å²) in [5.41, 5.74) is 5.96. The molecule has 0 fully saturated rings. The van der Waals surface area contributed by atoms with Crippen molar-refractivity contribution in [2.45, 2.75) is 31.9 Å². The zero-order valence-corrected chi connectivity index (χ0v) is 17.8. The number of carbonyl (C=O) groups is 1. The van der Waals surface area contributed by atoms with Crippen molar-refractivity contribution in [3.63, 3.8) is 0 Å². The Morgan fingerprint density at radius 2 is 2.12 bits per heavy atom. The van der Waals surface area contributed by atoms with Gasteiger partial charge in [0, 0.05) is 5.56 Å². The van der Waals surface area contributed by atoms with E-state index in [4.69, 9.17) is 19.9 Å². The van der Waals surface area contributed by atoms with Crippen LogP contribution in [0.3, 0.4) is 0 Å². The van der Waals surface area contributed by atoms with Gasteiger partial charge in [0.25, 0.3) is 5.72 Å². The molecule has 9 heteroatoms. The Kier molecular flexibility index (Phi) is 6.46. The number of hydrogen-bond acceptors (Lipinski definition) is 8. The van der Waals surface area contributed by atoms with Gasteiger partial charge < -0.3 is 14.2 Å². The van der Waals surface area contributed by atoms with Crippen molar-refractivity contribution in [2.75, 3.05) is 13.2 Å². The number of nitrogens with zero attached hydrogens (tertiary/aromatic N) is 3. The minimum absolute atomic E-state index is 0.0181. The molecule has 1 aliphatic rings. The number of carbonyl (C=O) groups excluding carboxylic acids is 1. The molecule has 0 radical (unpaired) electrons. The van der Waals surface area contributed by atoms with Crippen molar-refractivity contribution < 1.29 is 19.0 Å². The highest BCUT2D eigenvalue weighted by Gasteiger charge is 2.41. The summed E-state index contributed by atoms with van der Waals surface area (Å²) < 4.78 is 17.6. The monoisotopic (exact) mass is 435 g/mol. The summed E-state index contributed by atoms with van der Waals surface area (Å²) in [5, 5.41) is 13.6. The third kappa shape index (κ3) is 4.62. The first-order valence-corrected chi connectivity index (χ1v) is 10.5. The number of nitrogens with one attached hydrogen (secondary N) is 1. The van der Waals surface area contributed by atoms with Crippen LogP contribution in [0.5, 0.6) is 17.2 Å². The molecule has 3 aromatic rings. The lowest BCUT2D eigenvalue weighted by Gasteiger charge is -2.33. The number of benzene rings is 2. The number of aromatic nitrogens is 4. The highest BCUT2D eigenvalue weighted by Crippen LogP contribution is 2.39. The van der Waals surface area contributed by atoms with E-state index in [-0.39, 0.29) is 24.0 Å². The van der Waals surface area contributed by atoms with Gasteiger partial charge in [-0.25, -0.2) is 0 Å². The zero-order chi connectivity index (χ0) is 22.4. The Morgan fingerprint density at radius 3 is 2.94 bits per heavy atom. The van der Waals surface area contributed by atoms with E-state index in [9.17, 15) is 4.79 Å². The second-order valence-electron chi connectivity index (χ2n) is 7.44. The topological polar surface area (TPSA) is 125 Å². The van der Waals surface area contributed by atoms with E-state index in [0.717, 1.165) is 30.6 Å². The Bertz CT molecular complexity index is 1100. The Labute approximate surface area is 185 Å². The van der Waals surface area contributed by atoms with Gasteiger partial charge >= 0.3 is 0 Å². The fourth-order valence-corrected chi connectivity index (χ4v) is 3.32. The van der Waals surface area contributed by atoms with Crippen LogP contribution in [0.25, 0.3) is 6.08 Å². The van der Waals surface area contributed by atoms with E-state index in [1.807, 2.05) is 24.3 Å². The van der Waals surface area contributed by atoms with Crippen molar-refractivity contribution in [1.82, 2.24) is 20.6 Å². The van der Waals surface area contributed by atoms with Gasteiger partial charge in [-0.15, -0.1) is 10.2 Å². The number of ketones is 1. The van der Waals surface area contributed by atoms with E-state index in [0.29, 0.717) is 17.9 Å². The molecule has 1 unspecified atom stereocenters. The molecule has 0 amide bonds. The SMILES string of the molecule is CCCCCOc1ccccc1C=CC(=O)c1cccc2c1OC(N)(c1nn[nH]n1)CO2. The summed E-state index contributed by atoms with van der Waals surface area (Å²) in [4.78, 5) is 13.0. The highest BCUT2D eigenvalue weighted by atomic mass is 16.6. The van der Waals surface area contributed by atoms with Crippen LogP contribution in [0, 0.1) is 0 Å². The maximum absolute atomic E-state index is 13.0. The largest absolute Gasteiger partial charge is 0.493 e. The number of hydrogen-bond donors (Lipinski definition) is 2. The maximum Gasteiger partial charge on any atom is 0.257 e. The number of ether oxygens (including phenoxy) is 3. The van der Waals surface area contributed by atoms with Gasteiger partial charge in [0.05, 0.1) is 12.2 Å². The second-order valence-corrected chi connectivity index (χ2v) is 7.44. The summed E-state index contributed by atoms with van der Waals surface area (Å²) in [6.07, 6.45) is 6.44. The predicted octanol–water partition coefficient (Wildman–Crippen LogP) is 3.25. The number of unbranched alkanes of at least 4 members (excludes halogenated alkanes) is 2. The number of rotatable bonds is 9. The quantitative estimate of drug-likeness (QED) is 0.298. The average Bonchev–Trinajstić information content (AvgIpc) is 3.37. The Morgan fingerprint density at radius 1 is 1.25 bits per heavy atom. The van der Waals surface area contributed by atoms with Crippen LogP contribution in [-0.4, -0.2) is 39.6 Å². The van der Waals surface area contributed by atoms with E-state index in [1.54, 1.807) is 24.3 Å².